The molecule has 0 aromatic rings. The van der Waals surface area contributed by atoms with Gasteiger partial charge in [-0.15, -0.1) is 0 Å². The highest BCUT2D eigenvalue weighted by atomic mass is 19.4. The van der Waals surface area contributed by atoms with Gasteiger partial charge in [0.2, 0.25) is 0 Å². The highest BCUT2D eigenvalue weighted by Crippen LogP contribution is 2.39. The topological polar surface area (TPSA) is 44.8 Å². The number of ether oxygens (including phenoxy) is 3. The van der Waals surface area contributed by atoms with Crippen LogP contribution in [0.4, 0.5) is 52.7 Å². The summed E-state index contributed by atoms with van der Waals surface area (Å²) in [6, 6.07) is 0. The van der Waals surface area contributed by atoms with E-state index in [1.165, 1.54) is 0 Å². The predicted molar refractivity (Wildman–Crippen MR) is 68.4 cm³/mol. The molecule has 0 aliphatic carbocycles. The fraction of sp³-hybridized carbons (Fsp3) is 0.923. The molecule has 0 spiro atoms. The van der Waals surface area contributed by atoms with Gasteiger partial charge in [0.05, 0.1) is 19.8 Å². The second kappa shape index (κ2) is 9.14. The van der Waals surface area contributed by atoms with Crippen LogP contribution in [0.25, 0.3) is 0 Å². The number of halogens is 12. The lowest BCUT2D eigenvalue weighted by Crippen LogP contribution is -2.50. The minimum Gasteiger partial charge on any atom is -0.465 e. The number of alkyl halides is 12. The molecule has 0 aromatic heterocycles. The Bertz CT molecular complexity index is 509. The summed E-state index contributed by atoms with van der Waals surface area (Å²) in [6.07, 6.45) is -33.2. The van der Waals surface area contributed by atoms with E-state index in [0.29, 0.717) is 6.92 Å². The molecule has 0 saturated carbocycles. The zero-order valence-corrected chi connectivity index (χ0v) is 14.4. The molecule has 0 fully saturated rings. The van der Waals surface area contributed by atoms with Crippen LogP contribution in [0.5, 0.6) is 0 Å². The fourth-order valence-electron chi connectivity index (χ4n) is 1.50. The predicted octanol–water partition coefficient (Wildman–Crippen LogP) is 4.58. The van der Waals surface area contributed by atoms with Crippen molar-refractivity contribution >= 4 is 5.97 Å². The van der Waals surface area contributed by atoms with Gasteiger partial charge in [0.25, 0.3) is 12.3 Å². The van der Waals surface area contributed by atoms with E-state index in [1.54, 1.807) is 0 Å². The number of carbonyl (C=O) groups is 1. The maximum absolute atomic E-state index is 13.2. The van der Waals surface area contributed by atoms with Crippen molar-refractivity contribution < 1.29 is 71.7 Å². The van der Waals surface area contributed by atoms with Crippen molar-refractivity contribution in [2.75, 3.05) is 19.8 Å². The molecular formula is C13H14F12O4. The summed E-state index contributed by atoms with van der Waals surface area (Å²) in [6.45, 7) is -2.93. The SMILES string of the molecule is CCOC(=O)C(C)(COC(F)(F)C(F)C(F)(F)F)COC(F)(F)C(F)C(F)(F)F. The molecule has 0 N–H and O–H groups in total. The van der Waals surface area contributed by atoms with Gasteiger partial charge in [-0.25, -0.2) is 8.78 Å². The van der Waals surface area contributed by atoms with E-state index in [0.717, 1.165) is 6.92 Å². The lowest BCUT2D eigenvalue weighted by Gasteiger charge is -2.32. The van der Waals surface area contributed by atoms with Gasteiger partial charge in [0.1, 0.15) is 5.41 Å². The van der Waals surface area contributed by atoms with E-state index in [-0.39, 0.29) is 0 Å². The van der Waals surface area contributed by atoms with Crippen molar-refractivity contribution in [3.8, 4) is 0 Å². The first kappa shape index (κ1) is 27.5. The third-order valence-corrected chi connectivity index (χ3v) is 3.10. The van der Waals surface area contributed by atoms with Crippen molar-refractivity contribution in [3.63, 3.8) is 0 Å². The van der Waals surface area contributed by atoms with Crippen molar-refractivity contribution in [1.29, 1.82) is 0 Å². The number of esters is 1. The first-order valence-electron chi connectivity index (χ1n) is 7.33. The van der Waals surface area contributed by atoms with Gasteiger partial charge in [0.15, 0.2) is 0 Å². The van der Waals surface area contributed by atoms with Gasteiger partial charge in [0, 0.05) is 0 Å². The van der Waals surface area contributed by atoms with Gasteiger partial charge in [-0.1, -0.05) is 0 Å². The summed E-state index contributed by atoms with van der Waals surface area (Å²) in [7, 11) is 0. The van der Waals surface area contributed by atoms with Gasteiger partial charge in [-0.3, -0.25) is 4.79 Å². The minimum atomic E-state index is -6.11. The van der Waals surface area contributed by atoms with Crippen molar-refractivity contribution in [1.82, 2.24) is 0 Å². The monoisotopic (exact) mass is 462 g/mol. The minimum absolute atomic E-state index is 0.415. The van der Waals surface area contributed by atoms with E-state index < -0.39 is 68.1 Å². The van der Waals surface area contributed by atoms with Gasteiger partial charge in [-0.05, 0) is 13.8 Å². The molecule has 2 unspecified atom stereocenters. The summed E-state index contributed by atoms with van der Waals surface area (Å²) in [5.41, 5.74) is -2.89. The summed E-state index contributed by atoms with van der Waals surface area (Å²) in [4.78, 5) is 11.7. The maximum Gasteiger partial charge on any atom is 0.428 e. The fourth-order valence-corrected chi connectivity index (χ4v) is 1.50. The second-order valence-electron chi connectivity index (χ2n) is 5.79. The van der Waals surface area contributed by atoms with E-state index >= 15 is 0 Å². The molecule has 29 heavy (non-hydrogen) atoms. The molecule has 4 nitrogen and oxygen atoms in total. The first-order chi connectivity index (χ1) is 12.7. The third-order valence-electron chi connectivity index (χ3n) is 3.10. The molecule has 0 saturated heterocycles. The first-order valence-corrected chi connectivity index (χ1v) is 7.33. The standard InChI is InChI=1S/C13H14F12O4/c1-3-27-8(26)9(2,4-28-12(22,23)6(14)10(16,17)18)5-29-13(24,25)7(15)11(19,20)21/h6-7H,3-5H2,1-2H3. The van der Waals surface area contributed by atoms with Crippen LogP contribution in [0.15, 0.2) is 0 Å². The van der Waals surface area contributed by atoms with E-state index in [2.05, 4.69) is 14.2 Å². The highest BCUT2D eigenvalue weighted by Gasteiger charge is 2.61. The molecule has 174 valence electrons. The normalized spacial score (nSPS) is 18.1. The van der Waals surface area contributed by atoms with Gasteiger partial charge < -0.3 is 14.2 Å². The Balaban J connectivity index is 5.48. The quantitative estimate of drug-likeness (QED) is 0.353. The average Bonchev–Trinajstić information content (AvgIpc) is 2.55. The molecule has 0 aromatic carbocycles. The summed E-state index contributed by atoms with van der Waals surface area (Å²) in [5.74, 6) is -1.74. The van der Waals surface area contributed by atoms with Crippen molar-refractivity contribution in [3.05, 3.63) is 0 Å². The summed E-state index contributed by atoms with van der Waals surface area (Å²) < 4.78 is 162. The van der Waals surface area contributed by atoms with Crippen LogP contribution in [-0.2, 0) is 19.0 Å². The Morgan fingerprint density at radius 2 is 1.07 bits per heavy atom. The van der Waals surface area contributed by atoms with Crippen molar-refractivity contribution in [2.45, 2.75) is 50.8 Å². The third kappa shape index (κ3) is 7.71. The number of rotatable bonds is 10. The Labute approximate surface area is 155 Å². The lowest BCUT2D eigenvalue weighted by molar-refractivity contribution is -0.352. The van der Waals surface area contributed by atoms with Crippen LogP contribution in [0.2, 0.25) is 0 Å². The second-order valence-corrected chi connectivity index (χ2v) is 5.79. The van der Waals surface area contributed by atoms with Crippen LogP contribution in [0.3, 0.4) is 0 Å². The largest absolute Gasteiger partial charge is 0.465 e. The lowest BCUT2D eigenvalue weighted by atomic mass is 9.93. The Morgan fingerprint density at radius 1 is 0.759 bits per heavy atom. The van der Waals surface area contributed by atoms with Gasteiger partial charge >= 0.3 is 30.5 Å². The summed E-state index contributed by atoms with van der Waals surface area (Å²) in [5, 5.41) is 0. The van der Waals surface area contributed by atoms with Crippen LogP contribution >= 0.6 is 0 Å². The number of hydrogen-bond donors (Lipinski definition) is 0. The maximum atomic E-state index is 13.2. The van der Waals surface area contributed by atoms with E-state index in [9.17, 15) is 57.5 Å². The zero-order valence-electron chi connectivity index (χ0n) is 14.4. The van der Waals surface area contributed by atoms with Crippen LogP contribution < -0.4 is 0 Å². The van der Waals surface area contributed by atoms with Crippen molar-refractivity contribution in [2.24, 2.45) is 5.41 Å². The molecular weight excluding hydrogens is 448 g/mol. The Kier molecular flexibility index (Phi) is 8.68. The zero-order chi connectivity index (χ0) is 23.5. The smallest absolute Gasteiger partial charge is 0.428 e. The molecule has 0 bridgehead atoms. The molecule has 0 heterocycles. The molecule has 0 amide bonds. The van der Waals surface area contributed by atoms with Crippen LogP contribution in [0.1, 0.15) is 13.8 Å². The molecule has 0 radical (unpaired) electrons. The number of hydrogen-bond acceptors (Lipinski definition) is 4. The summed E-state index contributed by atoms with van der Waals surface area (Å²) >= 11 is 0. The number of carbonyl (C=O) groups excluding carboxylic acids is 1. The van der Waals surface area contributed by atoms with E-state index in [1.807, 2.05) is 0 Å². The molecule has 2 atom stereocenters. The van der Waals surface area contributed by atoms with E-state index in [4.69, 9.17) is 0 Å². The molecule has 16 heteroatoms. The Morgan fingerprint density at radius 3 is 1.31 bits per heavy atom. The Hall–Kier alpha value is -1.45. The van der Waals surface area contributed by atoms with Crippen LogP contribution in [0, 0.1) is 5.41 Å². The average molecular weight is 462 g/mol. The molecule has 0 rings (SSSR count). The van der Waals surface area contributed by atoms with Gasteiger partial charge in [-0.2, -0.15) is 43.9 Å². The van der Waals surface area contributed by atoms with Crippen LogP contribution in [-0.4, -0.2) is 62.7 Å². The highest BCUT2D eigenvalue weighted by molar-refractivity contribution is 5.76. The molecule has 0 aliphatic rings. The molecule has 0 aliphatic heterocycles.